The molecule has 1 aliphatic rings. The summed E-state index contributed by atoms with van der Waals surface area (Å²) in [7, 11) is 1.59. The minimum absolute atomic E-state index is 0.121. The lowest BCUT2D eigenvalue weighted by atomic mass is 10.0. The number of methoxy groups -OCH3 is 1. The third-order valence-corrected chi connectivity index (χ3v) is 3.01. The van der Waals surface area contributed by atoms with Gasteiger partial charge in [0.2, 0.25) is 0 Å². The highest BCUT2D eigenvalue weighted by atomic mass is 16.5. The molecule has 0 amide bonds. The maximum atomic E-state index is 10.1. The van der Waals surface area contributed by atoms with Crippen molar-refractivity contribution >= 4 is 6.08 Å². The van der Waals surface area contributed by atoms with Gasteiger partial charge in [0.05, 0.1) is 18.4 Å². The molecule has 1 unspecified atom stereocenters. The zero-order valence-electron chi connectivity index (χ0n) is 10.4. The van der Waals surface area contributed by atoms with Gasteiger partial charge >= 0.3 is 0 Å². The molecule has 1 atom stereocenters. The minimum Gasteiger partial charge on any atom is -0.508 e. The summed E-state index contributed by atoms with van der Waals surface area (Å²) in [5.74, 6) is 1.46. The average Bonchev–Trinajstić information content (AvgIpc) is 2.47. The number of aromatic nitrogens is 1. The number of hydrogen-bond acceptors (Lipinski definition) is 4. The molecule has 1 aliphatic heterocycles. The number of aliphatic hydroxyl groups excluding tert-OH is 1. The molecule has 0 aliphatic carbocycles. The van der Waals surface area contributed by atoms with Gasteiger partial charge in [0.25, 0.3) is 0 Å². The fraction of sp³-hybridized carbons (Fsp3) is 0.133. The van der Waals surface area contributed by atoms with E-state index in [9.17, 15) is 5.11 Å². The van der Waals surface area contributed by atoms with E-state index in [0.717, 1.165) is 5.56 Å². The summed E-state index contributed by atoms with van der Waals surface area (Å²) in [5.41, 5.74) is 1.42. The Labute approximate surface area is 110 Å². The van der Waals surface area contributed by atoms with Gasteiger partial charge in [0.15, 0.2) is 6.10 Å². The van der Waals surface area contributed by atoms with Crippen molar-refractivity contribution in [3.05, 3.63) is 59.6 Å². The van der Waals surface area contributed by atoms with Crippen molar-refractivity contribution in [2.45, 2.75) is 6.10 Å². The van der Waals surface area contributed by atoms with Crippen LogP contribution in [0.25, 0.3) is 6.08 Å². The van der Waals surface area contributed by atoms with Gasteiger partial charge in [-0.2, -0.15) is 0 Å². The summed E-state index contributed by atoms with van der Waals surface area (Å²) >= 11 is 0. The van der Waals surface area contributed by atoms with E-state index in [2.05, 4.69) is 4.98 Å². The number of benzene rings is 1. The van der Waals surface area contributed by atoms with Crippen LogP contribution >= 0.6 is 0 Å². The second kappa shape index (κ2) is 4.65. The summed E-state index contributed by atoms with van der Waals surface area (Å²) < 4.78 is 11.1. The van der Waals surface area contributed by atoms with Crippen LogP contribution in [0.15, 0.2) is 48.4 Å². The maximum absolute atomic E-state index is 10.1. The molecule has 0 fully saturated rings. The van der Waals surface area contributed by atoms with Gasteiger partial charge in [-0.1, -0.05) is 12.1 Å². The van der Waals surface area contributed by atoms with Crippen molar-refractivity contribution in [1.29, 1.82) is 0 Å². The molecule has 1 N–H and O–H groups in total. The van der Waals surface area contributed by atoms with Crippen molar-refractivity contribution in [3.63, 3.8) is 0 Å². The first-order valence-corrected chi connectivity index (χ1v) is 5.95. The highest BCUT2D eigenvalue weighted by Gasteiger charge is 2.26. The van der Waals surface area contributed by atoms with Gasteiger partial charge in [-0.25, -0.2) is 0 Å². The van der Waals surface area contributed by atoms with Crippen molar-refractivity contribution in [2.24, 2.45) is 0 Å². The van der Waals surface area contributed by atoms with Gasteiger partial charge in [-0.05, 0) is 30.3 Å². The quantitative estimate of drug-likeness (QED) is 0.895. The van der Waals surface area contributed by atoms with Gasteiger partial charge in [-0.3, -0.25) is 4.98 Å². The van der Waals surface area contributed by atoms with Crippen LogP contribution in [0, 0.1) is 0 Å². The highest BCUT2D eigenvalue weighted by molar-refractivity contribution is 5.68. The van der Waals surface area contributed by atoms with E-state index in [-0.39, 0.29) is 5.76 Å². The van der Waals surface area contributed by atoms with E-state index in [1.165, 1.54) is 0 Å². The molecule has 4 nitrogen and oxygen atoms in total. The Morgan fingerprint density at radius 3 is 2.84 bits per heavy atom. The van der Waals surface area contributed by atoms with Gasteiger partial charge < -0.3 is 14.6 Å². The van der Waals surface area contributed by atoms with Gasteiger partial charge in [0.1, 0.15) is 17.3 Å². The Morgan fingerprint density at radius 1 is 1.21 bits per heavy atom. The maximum Gasteiger partial charge on any atom is 0.197 e. The molecule has 0 saturated heterocycles. The van der Waals surface area contributed by atoms with E-state index in [0.29, 0.717) is 17.2 Å². The lowest BCUT2D eigenvalue weighted by molar-refractivity contribution is 0.170. The first kappa shape index (κ1) is 11.6. The number of aliphatic hydroxyl groups is 1. The molecule has 1 aromatic heterocycles. The topological polar surface area (TPSA) is 51.6 Å². The summed E-state index contributed by atoms with van der Waals surface area (Å²) in [6.07, 6.45) is 2.77. The van der Waals surface area contributed by atoms with Crippen molar-refractivity contribution < 1.29 is 14.6 Å². The molecule has 0 radical (unpaired) electrons. The van der Waals surface area contributed by atoms with Crippen molar-refractivity contribution in [3.8, 4) is 11.5 Å². The molecular weight excluding hydrogens is 242 g/mol. The van der Waals surface area contributed by atoms with Crippen LogP contribution in [0.2, 0.25) is 0 Å². The molecule has 3 rings (SSSR count). The fourth-order valence-electron chi connectivity index (χ4n) is 2.10. The van der Waals surface area contributed by atoms with Crippen LogP contribution in [0.3, 0.4) is 0 Å². The molecule has 96 valence electrons. The number of ether oxygens (including phenoxy) is 2. The third-order valence-electron chi connectivity index (χ3n) is 3.01. The molecule has 2 aromatic rings. The Morgan fingerprint density at radius 2 is 2.11 bits per heavy atom. The molecule has 0 saturated carbocycles. The molecule has 2 heterocycles. The number of hydrogen-bond donors (Lipinski definition) is 1. The van der Waals surface area contributed by atoms with Crippen LogP contribution in [0.4, 0.5) is 0 Å². The molecule has 0 bridgehead atoms. The molecular formula is C15H13NO3. The SMILES string of the molecule is COc1cccc2c1C=C(O)C(c1ccccn1)O2. The Hall–Kier alpha value is -2.49. The predicted molar refractivity (Wildman–Crippen MR) is 71.2 cm³/mol. The van der Waals surface area contributed by atoms with Gasteiger partial charge in [0, 0.05) is 6.20 Å². The largest absolute Gasteiger partial charge is 0.508 e. The smallest absolute Gasteiger partial charge is 0.197 e. The second-order valence-corrected chi connectivity index (χ2v) is 4.19. The molecule has 19 heavy (non-hydrogen) atoms. The first-order chi connectivity index (χ1) is 9.29. The number of fused-ring (bicyclic) bond motifs is 1. The molecule has 0 spiro atoms. The standard InChI is InChI=1S/C15H13NO3/c1-18-13-6-4-7-14-10(13)9-12(17)15(19-14)11-5-2-3-8-16-11/h2-9,15,17H,1H3. The number of nitrogens with zero attached hydrogens (tertiary/aromatic N) is 1. The van der Waals surface area contributed by atoms with E-state index in [4.69, 9.17) is 9.47 Å². The van der Waals surface area contributed by atoms with E-state index < -0.39 is 6.10 Å². The molecule has 4 heteroatoms. The lowest BCUT2D eigenvalue weighted by Crippen LogP contribution is -2.16. The van der Waals surface area contributed by atoms with Crippen LogP contribution in [-0.2, 0) is 0 Å². The zero-order chi connectivity index (χ0) is 13.2. The van der Waals surface area contributed by atoms with Crippen LogP contribution in [-0.4, -0.2) is 17.2 Å². The van der Waals surface area contributed by atoms with Gasteiger partial charge in [-0.15, -0.1) is 0 Å². The average molecular weight is 255 g/mol. The van der Waals surface area contributed by atoms with Crippen LogP contribution < -0.4 is 9.47 Å². The summed E-state index contributed by atoms with van der Waals surface area (Å²) in [6, 6.07) is 11.0. The van der Waals surface area contributed by atoms with Crippen molar-refractivity contribution in [2.75, 3.05) is 7.11 Å². The summed E-state index contributed by atoms with van der Waals surface area (Å²) in [5, 5.41) is 10.1. The highest BCUT2D eigenvalue weighted by Crippen LogP contribution is 2.39. The van der Waals surface area contributed by atoms with Crippen LogP contribution in [0.1, 0.15) is 17.4 Å². The number of rotatable bonds is 2. The summed E-state index contributed by atoms with van der Waals surface area (Å²) in [6.45, 7) is 0. The first-order valence-electron chi connectivity index (χ1n) is 5.95. The lowest BCUT2D eigenvalue weighted by Gasteiger charge is -2.24. The second-order valence-electron chi connectivity index (χ2n) is 4.19. The Bertz CT molecular complexity index is 623. The predicted octanol–water partition coefficient (Wildman–Crippen LogP) is 3.12. The summed E-state index contributed by atoms with van der Waals surface area (Å²) in [4.78, 5) is 4.21. The molecule has 1 aromatic carbocycles. The number of pyridine rings is 1. The monoisotopic (exact) mass is 255 g/mol. The van der Waals surface area contributed by atoms with Crippen molar-refractivity contribution in [1.82, 2.24) is 4.98 Å². The Balaban J connectivity index is 2.04. The van der Waals surface area contributed by atoms with E-state index in [1.54, 1.807) is 19.4 Å². The van der Waals surface area contributed by atoms with Crippen LogP contribution in [0.5, 0.6) is 11.5 Å². The van der Waals surface area contributed by atoms with E-state index >= 15 is 0 Å². The Kier molecular flexibility index (Phi) is 2.83. The normalized spacial score (nSPS) is 17.1. The zero-order valence-corrected chi connectivity index (χ0v) is 10.4. The minimum atomic E-state index is -0.569. The van der Waals surface area contributed by atoms with E-state index in [1.807, 2.05) is 36.4 Å². The fourth-order valence-corrected chi connectivity index (χ4v) is 2.10. The third kappa shape index (κ3) is 2.01.